The molecule has 1 aromatic heterocycles. The number of nitrogens with zero attached hydrogens (tertiary/aromatic N) is 2. The van der Waals surface area contributed by atoms with E-state index in [9.17, 15) is 4.79 Å². The van der Waals surface area contributed by atoms with Gasteiger partial charge in [-0.2, -0.15) is 0 Å². The van der Waals surface area contributed by atoms with E-state index in [-0.39, 0.29) is 5.91 Å². The fourth-order valence-corrected chi connectivity index (χ4v) is 2.84. The Hall–Kier alpha value is -2.34. The first-order chi connectivity index (χ1) is 11.6. The molecule has 5 nitrogen and oxygen atoms in total. The van der Waals surface area contributed by atoms with Gasteiger partial charge < -0.3 is 14.6 Å². The number of hydrogen-bond donors (Lipinski definition) is 1. The van der Waals surface area contributed by atoms with Crippen LogP contribution >= 0.6 is 15.9 Å². The molecule has 0 unspecified atom stereocenters. The highest BCUT2D eigenvalue weighted by Crippen LogP contribution is 2.21. The molecule has 0 atom stereocenters. The Kier molecular flexibility index (Phi) is 4.85. The number of imidazole rings is 1. The van der Waals surface area contributed by atoms with Crippen molar-refractivity contribution < 1.29 is 9.53 Å². The maximum Gasteiger partial charge on any atom is 0.251 e. The summed E-state index contributed by atoms with van der Waals surface area (Å²) in [6.07, 6.45) is 0.662. The third kappa shape index (κ3) is 3.43. The van der Waals surface area contributed by atoms with E-state index in [1.807, 2.05) is 41.9 Å². The van der Waals surface area contributed by atoms with E-state index in [4.69, 9.17) is 4.74 Å². The molecule has 0 saturated heterocycles. The molecular weight excluding hydrogens is 370 g/mol. The van der Waals surface area contributed by atoms with Gasteiger partial charge in [0.25, 0.3) is 5.91 Å². The van der Waals surface area contributed by atoms with E-state index in [1.54, 1.807) is 19.2 Å². The van der Waals surface area contributed by atoms with E-state index < -0.39 is 0 Å². The van der Waals surface area contributed by atoms with E-state index in [2.05, 4.69) is 26.2 Å². The van der Waals surface area contributed by atoms with E-state index >= 15 is 0 Å². The normalized spacial score (nSPS) is 10.8. The fraction of sp³-hybridized carbons (Fsp3) is 0.222. The number of carbonyl (C=O) groups excluding carboxylic acids is 1. The van der Waals surface area contributed by atoms with Gasteiger partial charge in [0.15, 0.2) is 0 Å². The third-order valence-corrected chi connectivity index (χ3v) is 4.45. The van der Waals surface area contributed by atoms with Crippen molar-refractivity contribution in [2.75, 3.05) is 13.7 Å². The van der Waals surface area contributed by atoms with Gasteiger partial charge in [-0.3, -0.25) is 4.79 Å². The maximum atomic E-state index is 12.1. The minimum atomic E-state index is -0.0806. The molecule has 3 rings (SSSR count). The van der Waals surface area contributed by atoms with E-state index in [1.165, 1.54) is 0 Å². The lowest BCUT2D eigenvalue weighted by molar-refractivity contribution is 0.0954. The van der Waals surface area contributed by atoms with Crippen LogP contribution < -0.4 is 10.1 Å². The van der Waals surface area contributed by atoms with Crippen LogP contribution in [0.5, 0.6) is 5.75 Å². The first kappa shape index (κ1) is 16.5. The largest absolute Gasteiger partial charge is 0.497 e. The van der Waals surface area contributed by atoms with Gasteiger partial charge >= 0.3 is 0 Å². The molecule has 1 N–H and O–H groups in total. The van der Waals surface area contributed by atoms with E-state index in [0.717, 1.165) is 27.1 Å². The predicted molar refractivity (Wildman–Crippen MR) is 97.4 cm³/mol. The second kappa shape index (κ2) is 7.05. The summed E-state index contributed by atoms with van der Waals surface area (Å²) in [4.78, 5) is 16.7. The lowest BCUT2D eigenvalue weighted by Crippen LogP contribution is -2.26. The Morgan fingerprint density at radius 3 is 2.71 bits per heavy atom. The number of rotatable bonds is 5. The highest BCUT2D eigenvalue weighted by molar-refractivity contribution is 9.10. The minimum absolute atomic E-state index is 0.0806. The summed E-state index contributed by atoms with van der Waals surface area (Å²) in [6.45, 7) is 0.531. The predicted octanol–water partition coefficient (Wildman–Crippen LogP) is 3.32. The zero-order valence-electron chi connectivity index (χ0n) is 13.5. The number of aromatic nitrogens is 2. The molecule has 3 aromatic rings. The summed E-state index contributed by atoms with van der Waals surface area (Å²) >= 11 is 3.36. The Morgan fingerprint density at radius 1 is 1.25 bits per heavy atom. The standard InChI is InChI=1S/C18H18BrN3O2/c1-22-16-8-7-14(24-2)11-15(16)21-17(22)9-10-20-18(23)12-3-5-13(19)6-4-12/h3-8,11H,9-10H2,1-2H3,(H,20,23). The van der Waals surface area contributed by atoms with Crippen molar-refractivity contribution in [1.29, 1.82) is 0 Å². The second-order valence-electron chi connectivity index (χ2n) is 5.45. The number of nitrogens with one attached hydrogen (secondary N) is 1. The van der Waals surface area contributed by atoms with Crippen molar-refractivity contribution in [3.8, 4) is 5.75 Å². The van der Waals surface area contributed by atoms with Crippen LogP contribution in [0.15, 0.2) is 46.9 Å². The van der Waals surface area contributed by atoms with Gasteiger partial charge in [-0.25, -0.2) is 4.98 Å². The highest BCUT2D eigenvalue weighted by atomic mass is 79.9. The zero-order valence-corrected chi connectivity index (χ0v) is 15.1. The van der Waals surface area contributed by atoms with Gasteiger partial charge in [-0.1, -0.05) is 15.9 Å². The highest BCUT2D eigenvalue weighted by Gasteiger charge is 2.10. The summed E-state index contributed by atoms with van der Waals surface area (Å²) in [5.74, 6) is 1.63. The second-order valence-corrected chi connectivity index (χ2v) is 6.37. The van der Waals surface area contributed by atoms with Crippen LogP contribution in [0, 0.1) is 0 Å². The first-order valence-electron chi connectivity index (χ1n) is 7.61. The smallest absolute Gasteiger partial charge is 0.251 e. The van der Waals surface area contributed by atoms with Crippen molar-refractivity contribution in [2.45, 2.75) is 6.42 Å². The molecule has 0 saturated carbocycles. The lowest BCUT2D eigenvalue weighted by Gasteiger charge is -2.06. The van der Waals surface area contributed by atoms with Crippen LogP contribution in [0.2, 0.25) is 0 Å². The molecule has 0 fully saturated rings. The molecule has 124 valence electrons. The summed E-state index contributed by atoms with van der Waals surface area (Å²) < 4.78 is 8.23. The van der Waals surface area contributed by atoms with Crippen LogP contribution in [-0.4, -0.2) is 29.1 Å². The molecule has 1 amide bonds. The fourth-order valence-electron chi connectivity index (χ4n) is 2.57. The first-order valence-corrected chi connectivity index (χ1v) is 8.41. The molecule has 0 bridgehead atoms. The molecule has 0 aliphatic heterocycles. The monoisotopic (exact) mass is 387 g/mol. The van der Waals surface area contributed by atoms with Crippen LogP contribution in [-0.2, 0) is 13.5 Å². The lowest BCUT2D eigenvalue weighted by atomic mass is 10.2. The molecule has 1 heterocycles. The van der Waals surface area contributed by atoms with Crippen molar-refractivity contribution >= 4 is 32.9 Å². The molecule has 0 aliphatic carbocycles. The molecule has 24 heavy (non-hydrogen) atoms. The van der Waals surface area contributed by atoms with Crippen LogP contribution in [0.25, 0.3) is 11.0 Å². The number of amides is 1. The Bertz CT molecular complexity index is 872. The van der Waals surface area contributed by atoms with Crippen molar-refractivity contribution in [3.63, 3.8) is 0 Å². The number of hydrogen-bond acceptors (Lipinski definition) is 3. The number of fused-ring (bicyclic) bond motifs is 1. The minimum Gasteiger partial charge on any atom is -0.497 e. The third-order valence-electron chi connectivity index (χ3n) is 3.92. The van der Waals surface area contributed by atoms with Crippen LogP contribution in [0.1, 0.15) is 16.2 Å². The van der Waals surface area contributed by atoms with Gasteiger partial charge in [0.1, 0.15) is 11.6 Å². The number of ether oxygens (including phenoxy) is 1. The van der Waals surface area contributed by atoms with Crippen molar-refractivity contribution in [2.24, 2.45) is 7.05 Å². The molecule has 0 aliphatic rings. The average molecular weight is 388 g/mol. The summed E-state index contributed by atoms with van der Waals surface area (Å²) in [5, 5.41) is 2.93. The number of carbonyl (C=O) groups is 1. The molecule has 2 aromatic carbocycles. The van der Waals surface area contributed by atoms with Gasteiger partial charge in [-0.05, 0) is 36.4 Å². The molecule has 6 heteroatoms. The Morgan fingerprint density at radius 2 is 2.00 bits per heavy atom. The van der Waals surface area contributed by atoms with Crippen LogP contribution in [0.3, 0.4) is 0 Å². The molecule has 0 radical (unpaired) electrons. The summed E-state index contributed by atoms with van der Waals surface area (Å²) in [6, 6.07) is 13.1. The number of halogens is 1. The van der Waals surface area contributed by atoms with Crippen molar-refractivity contribution in [3.05, 3.63) is 58.3 Å². The SMILES string of the molecule is COc1ccc2c(c1)nc(CCNC(=O)c1ccc(Br)cc1)n2C. The number of methoxy groups -OCH3 is 1. The van der Waals surface area contributed by atoms with Crippen molar-refractivity contribution in [1.82, 2.24) is 14.9 Å². The number of aryl methyl sites for hydroxylation is 1. The Labute approximate surface area is 148 Å². The average Bonchev–Trinajstić information content (AvgIpc) is 2.91. The number of benzene rings is 2. The van der Waals surface area contributed by atoms with E-state index in [0.29, 0.717) is 18.5 Å². The maximum absolute atomic E-state index is 12.1. The topological polar surface area (TPSA) is 56.1 Å². The van der Waals surface area contributed by atoms with Gasteiger partial charge in [0.2, 0.25) is 0 Å². The Balaban J connectivity index is 1.66. The van der Waals surface area contributed by atoms with Crippen LogP contribution in [0.4, 0.5) is 0 Å². The van der Waals surface area contributed by atoms with Gasteiger partial charge in [-0.15, -0.1) is 0 Å². The quantitative estimate of drug-likeness (QED) is 0.730. The van der Waals surface area contributed by atoms with Gasteiger partial charge in [0, 0.05) is 36.1 Å². The van der Waals surface area contributed by atoms with Gasteiger partial charge in [0.05, 0.1) is 18.1 Å². The summed E-state index contributed by atoms with van der Waals surface area (Å²) in [7, 11) is 3.62. The zero-order chi connectivity index (χ0) is 17.1. The molecule has 0 spiro atoms. The summed E-state index contributed by atoms with van der Waals surface area (Å²) in [5.41, 5.74) is 2.59. The molecular formula is C18H18BrN3O2.